The number of aromatic nitrogens is 4. The van der Waals surface area contributed by atoms with E-state index in [2.05, 4.69) is 20.5 Å². The van der Waals surface area contributed by atoms with Gasteiger partial charge in [0.05, 0.1) is 16.1 Å². The van der Waals surface area contributed by atoms with Crippen LogP contribution in [0, 0.1) is 4.77 Å². The first-order chi connectivity index (χ1) is 12.2. The lowest BCUT2D eigenvalue weighted by molar-refractivity contribution is -0.116. The average molecular weight is 367 g/mol. The van der Waals surface area contributed by atoms with Crippen LogP contribution in [0.15, 0.2) is 54.0 Å². The van der Waals surface area contributed by atoms with Crippen LogP contribution in [0.3, 0.4) is 0 Å². The Labute approximate surface area is 152 Å². The number of nitrogens with one attached hydrogen (secondary N) is 2. The third kappa shape index (κ3) is 3.09. The van der Waals surface area contributed by atoms with Gasteiger partial charge in [-0.3, -0.25) is 19.4 Å². The predicted octanol–water partition coefficient (Wildman–Crippen LogP) is 3.86. The number of fused-ring (bicyclic) bond motifs is 1. The van der Waals surface area contributed by atoms with Crippen LogP contribution in [0.2, 0.25) is 0 Å². The molecule has 0 saturated heterocycles. The molecule has 6 nitrogen and oxygen atoms in total. The van der Waals surface area contributed by atoms with Crippen LogP contribution in [0.25, 0.3) is 21.6 Å². The molecule has 0 unspecified atom stereocenters. The molecule has 25 heavy (non-hydrogen) atoms. The Kier molecular flexibility index (Phi) is 4.12. The Morgan fingerprint density at radius 2 is 2.16 bits per heavy atom. The second kappa shape index (κ2) is 6.58. The number of rotatable bonds is 4. The van der Waals surface area contributed by atoms with Crippen molar-refractivity contribution < 1.29 is 4.79 Å². The highest BCUT2D eigenvalue weighted by atomic mass is 32.1. The maximum atomic E-state index is 12.6. The molecule has 8 heteroatoms. The quantitative estimate of drug-likeness (QED) is 0.537. The minimum atomic E-state index is -0.174. The van der Waals surface area contributed by atoms with E-state index in [0.717, 1.165) is 21.5 Å². The minimum Gasteiger partial charge on any atom is -0.324 e. The minimum absolute atomic E-state index is 0.0826. The fourth-order valence-electron chi connectivity index (χ4n) is 2.60. The molecule has 0 aliphatic carbocycles. The Morgan fingerprint density at radius 1 is 1.24 bits per heavy atom. The first kappa shape index (κ1) is 15.7. The van der Waals surface area contributed by atoms with Gasteiger partial charge in [-0.1, -0.05) is 12.1 Å². The molecule has 0 fully saturated rings. The zero-order valence-electron chi connectivity index (χ0n) is 13.0. The van der Waals surface area contributed by atoms with E-state index < -0.39 is 0 Å². The number of hydrogen-bond acceptors (Lipinski definition) is 5. The number of H-pyrrole nitrogens is 1. The molecule has 0 bridgehead atoms. The lowest BCUT2D eigenvalue weighted by Gasteiger charge is -2.09. The highest BCUT2D eigenvalue weighted by molar-refractivity contribution is 7.71. The van der Waals surface area contributed by atoms with E-state index >= 15 is 0 Å². The monoisotopic (exact) mass is 367 g/mol. The highest BCUT2D eigenvalue weighted by Crippen LogP contribution is 2.24. The van der Waals surface area contributed by atoms with E-state index in [1.165, 1.54) is 0 Å². The van der Waals surface area contributed by atoms with E-state index in [4.69, 9.17) is 12.2 Å². The van der Waals surface area contributed by atoms with Gasteiger partial charge in [0.2, 0.25) is 5.91 Å². The van der Waals surface area contributed by atoms with Crippen LogP contribution in [-0.2, 0) is 11.3 Å². The maximum absolute atomic E-state index is 12.6. The zero-order valence-corrected chi connectivity index (χ0v) is 14.6. The van der Waals surface area contributed by atoms with Crippen molar-refractivity contribution in [2.75, 3.05) is 5.32 Å². The molecule has 1 amide bonds. The zero-order chi connectivity index (χ0) is 17.2. The Balaban J connectivity index is 1.61. The van der Waals surface area contributed by atoms with E-state index in [-0.39, 0.29) is 12.5 Å². The summed E-state index contributed by atoms with van der Waals surface area (Å²) in [5.74, 6) is 0.487. The molecule has 3 aromatic heterocycles. The Morgan fingerprint density at radius 3 is 3.00 bits per heavy atom. The number of anilines is 1. The van der Waals surface area contributed by atoms with E-state index in [9.17, 15) is 4.79 Å². The third-order valence-corrected chi connectivity index (χ3v) is 4.90. The summed E-state index contributed by atoms with van der Waals surface area (Å²) in [6.07, 6.45) is 1.73. The molecule has 0 atom stereocenters. The lowest BCUT2D eigenvalue weighted by atomic mass is 10.2. The Bertz CT molecular complexity index is 1090. The van der Waals surface area contributed by atoms with Crippen molar-refractivity contribution in [3.05, 3.63) is 58.8 Å². The summed E-state index contributed by atoms with van der Waals surface area (Å²) in [6, 6.07) is 13.3. The smallest absolute Gasteiger partial charge is 0.244 e. The summed E-state index contributed by atoms with van der Waals surface area (Å²) < 4.78 is 2.11. The van der Waals surface area contributed by atoms with Gasteiger partial charge in [0.1, 0.15) is 6.54 Å². The molecule has 3 heterocycles. The molecule has 1 aromatic carbocycles. The van der Waals surface area contributed by atoms with Crippen LogP contribution < -0.4 is 5.32 Å². The SMILES string of the molecule is O=C(Cn1c(-c2cccs2)n[nH]c1=S)Nc1cccc2ncccc12. The summed E-state index contributed by atoms with van der Waals surface area (Å²) in [7, 11) is 0. The standard InChI is InChI=1S/C17H13N5OS2/c23-15(19-13-6-1-5-12-11(13)4-2-8-18-12)10-22-16(20-21-17(22)24)14-7-3-9-25-14/h1-9H,10H2,(H,19,23)(H,21,24). The molecular weight excluding hydrogens is 354 g/mol. The van der Waals surface area contributed by atoms with Crippen molar-refractivity contribution >= 4 is 46.1 Å². The van der Waals surface area contributed by atoms with Gasteiger partial charge in [-0.05, 0) is 47.9 Å². The van der Waals surface area contributed by atoms with Gasteiger partial charge in [0, 0.05) is 11.6 Å². The van der Waals surface area contributed by atoms with Gasteiger partial charge in [0.15, 0.2) is 10.6 Å². The molecule has 4 rings (SSSR count). The fraction of sp³-hybridized carbons (Fsp3) is 0.0588. The second-order valence-electron chi connectivity index (χ2n) is 5.34. The van der Waals surface area contributed by atoms with Crippen molar-refractivity contribution in [3.63, 3.8) is 0 Å². The Hall–Kier alpha value is -2.84. The fourth-order valence-corrected chi connectivity index (χ4v) is 3.52. The normalized spacial score (nSPS) is 10.9. The number of hydrogen-bond donors (Lipinski definition) is 2. The van der Waals surface area contributed by atoms with Crippen LogP contribution >= 0.6 is 23.6 Å². The number of amides is 1. The number of benzene rings is 1. The molecule has 0 aliphatic heterocycles. The summed E-state index contributed by atoms with van der Waals surface area (Å²) >= 11 is 6.81. The number of aromatic amines is 1. The van der Waals surface area contributed by atoms with Gasteiger partial charge in [-0.25, -0.2) is 0 Å². The second-order valence-corrected chi connectivity index (χ2v) is 6.67. The van der Waals surface area contributed by atoms with Gasteiger partial charge < -0.3 is 5.32 Å². The van der Waals surface area contributed by atoms with E-state index in [1.54, 1.807) is 22.1 Å². The number of thiophene rings is 1. The number of pyridine rings is 1. The molecule has 4 aromatic rings. The summed E-state index contributed by atoms with van der Waals surface area (Å²) in [5, 5.41) is 12.8. The molecular formula is C17H13N5OS2. The van der Waals surface area contributed by atoms with Crippen molar-refractivity contribution in [2.24, 2.45) is 0 Å². The molecule has 2 N–H and O–H groups in total. The molecule has 0 aliphatic rings. The van der Waals surface area contributed by atoms with Crippen LogP contribution in [0.4, 0.5) is 5.69 Å². The lowest BCUT2D eigenvalue weighted by Crippen LogP contribution is -2.19. The van der Waals surface area contributed by atoms with Gasteiger partial charge >= 0.3 is 0 Å². The van der Waals surface area contributed by atoms with Crippen LogP contribution in [0.1, 0.15) is 0 Å². The number of carbonyl (C=O) groups excluding carboxylic acids is 1. The molecule has 124 valence electrons. The van der Waals surface area contributed by atoms with Crippen LogP contribution in [0.5, 0.6) is 0 Å². The highest BCUT2D eigenvalue weighted by Gasteiger charge is 2.14. The molecule has 0 spiro atoms. The van der Waals surface area contributed by atoms with Gasteiger partial charge in [-0.15, -0.1) is 11.3 Å². The first-order valence-corrected chi connectivity index (χ1v) is 8.84. The van der Waals surface area contributed by atoms with Crippen molar-refractivity contribution in [1.82, 2.24) is 19.7 Å². The molecule has 0 radical (unpaired) electrons. The van der Waals surface area contributed by atoms with E-state index in [0.29, 0.717) is 10.6 Å². The largest absolute Gasteiger partial charge is 0.324 e. The van der Waals surface area contributed by atoms with Gasteiger partial charge in [-0.2, -0.15) is 5.10 Å². The third-order valence-electron chi connectivity index (χ3n) is 3.72. The van der Waals surface area contributed by atoms with Crippen molar-refractivity contribution in [1.29, 1.82) is 0 Å². The van der Waals surface area contributed by atoms with E-state index in [1.807, 2.05) is 47.8 Å². The summed E-state index contributed by atoms with van der Waals surface area (Å²) in [6.45, 7) is 0.0826. The summed E-state index contributed by atoms with van der Waals surface area (Å²) in [5.41, 5.74) is 1.56. The average Bonchev–Trinajstić information content (AvgIpc) is 3.26. The number of nitrogens with zero attached hydrogens (tertiary/aromatic N) is 3. The van der Waals surface area contributed by atoms with Crippen molar-refractivity contribution in [3.8, 4) is 10.7 Å². The topological polar surface area (TPSA) is 75.6 Å². The van der Waals surface area contributed by atoms with Crippen molar-refractivity contribution in [2.45, 2.75) is 6.54 Å². The van der Waals surface area contributed by atoms with Crippen LogP contribution in [-0.4, -0.2) is 25.7 Å². The maximum Gasteiger partial charge on any atom is 0.244 e. The summed E-state index contributed by atoms with van der Waals surface area (Å²) in [4.78, 5) is 17.8. The first-order valence-electron chi connectivity index (χ1n) is 7.55. The number of carbonyl (C=O) groups is 1. The predicted molar refractivity (Wildman–Crippen MR) is 101 cm³/mol. The van der Waals surface area contributed by atoms with Gasteiger partial charge in [0.25, 0.3) is 0 Å². The molecule has 0 saturated carbocycles.